The lowest BCUT2D eigenvalue weighted by Gasteiger charge is -2.41. The van der Waals surface area contributed by atoms with Crippen molar-refractivity contribution in [2.75, 3.05) is 41.0 Å². The maximum absolute atomic E-state index is 12.8. The van der Waals surface area contributed by atoms with Gasteiger partial charge in [0.15, 0.2) is 13.4 Å². The van der Waals surface area contributed by atoms with Crippen LogP contribution in [-0.2, 0) is 18.6 Å². The summed E-state index contributed by atoms with van der Waals surface area (Å²) in [5.74, 6) is -0.588. The summed E-state index contributed by atoms with van der Waals surface area (Å²) >= 11 is 0. The summed E-state index contributed by atoms with van der Waals surface area (Å²) < 4.78 is 30.5. The summed E-state index contributed by atoms with van der Waals surface area (Å²) in [6, 6.07) is 0. The van der Waals surface area contributed by atoms with E-state index in [2.05, 4.69) is 31.2 Å². The normalized spacial score (nSPS) is 16.3. The van der Waals surface area contributed by atoms with Crippen LogP contribution in [0.5, 0.6) is 0 Å². The van der Waals surface area contributed by atoms with Crippen LogP contribution in [0.25, 0.3) is 0 Å². The van der Waals surface area contributed by atoms with E-state index in [4.69, 9.17) is 14.0 Å². The Morgan fingerprint density at radius 2 is 1.29 bits per heavy atom. The summed E-state index contributed by atoms with van der Waals surface area (Å²) in [6.07, 6.45) is 23.9. The first-order valence-corrected chi connectivity index (χ1v) is 16.8. The Bertz CT molecular complexity index is 666. The van der Waals surface area contributed by atoms with Gasteiger partial charge in [-0.3, -0.25) is 0 Å². The third-order valence-electron chi connectivity index (χ3n) is 6.35. The number of hydrogen-bond donors (Lipinski definition) is 0. The lowest BCUT2D eigenvalue weighted by atomic mass is 10.1. The molecule has 0 spiro atoms. The Morgan fingerprint density at radius 1 is 0.789 bits per heavy atom. The van der Waals surface area contributed by atoms with Gasteiger partial charge < -0.3 is 27.9 Å². The monoisotopic (exact) mass is 559 g/mol. The van der Waals surface area contributed by atoms with Crippen molar-refractivity contribution in [3.8, 4) is 0 Å². The average Bonchev–Trinajstić information content (AvgIpc) is 2.80. The van der Waals surface area contributed by atoms with Gasteiger partial charge >= 0.3 is 0 Å². The summed E-state index contributed by atoms with van der Waals surface area (Å²) in [4.78, 5) is 12.8. The Hall–Kier alpha value is -0.490. The Morgan fingerprint density at radius 3 is 1.74 bits per heavy atom. The molecule has 2 unspecified atom stereocenters. The van der Waals surface area contributed by atoms with Crippen molar-refractivity contribution in [3.05, 3.63) is 24.3 Å². The molecule has 0 rings (SSSR count). The predicted octanol–water partition coefficient (Wildman–Crippen LogP) is 8.01. The molecule has 7 heteroatoms. The molecule has 0 radical (unpaired) electrons. The Kier molecular flexibility index (Phi) is 21.0. The van der Waals surface area contributed by atoms with Gasteiger partial charge in [0.05, 0.1) is 40.0 Å². The molecule has 0 saturated carbocycles. The number of hydrogen-bond acceptors (Lipinski definition) is 5. The second-order valence-corrected chi connectivity index (χ2v) is 14.3. The van der Waals surface area contributed by atoms with Crippen LogP contribution in [0.1, 0.15) is 118 Å². The zero-order valence-corrected chi connectivity index (χ0v) is 27.1. The summed E-state index contributed by atoms with van der Waals surface area (Å²) in [7, 11) is 1.58. The number of allylic oxidation sites excluding steroid dienone is 4. The maximum Gasteiger partial charge on any atom is 0.193 e. The topological polar surface area (TPSA) is 67.8 Å². The van der Waals surface area contributed by atoms with Gasteiger partial charge in [-0.15, -0.1) is 0 Å². The van der Waals surface area contributed by atoms with Gasteiger partial charge in [0.1, 0.15) is 6.10 Å². The molecule has 0 aliphatic rings. The van der Waals surface area contributed by atoms with Crippen LogP contribution in [0.4, 0.5) is 0 Å². The molecule has 0 N–H and O–H groups in total. The van der Waals surface area contributed by atoms with E-state index >= 15 is 0 Å². The van der Waals surface area contributed by atoms with Gasteiger partial charge in [-0.05, 0) is 78.6 Å². The number of ether oxygens (including phenoxy) is 2. The van der Waals surface area contributed by atoms with Crippen LogP contribution < -0.4 is 4.89 Å². The first-order chi connectivity index (χ1) is 17.8. The van der Waals surface area contributed by atoms with Crippen molar-refractivity contribution in [3.63, 3.8) is 0 Å². The van der Waals surface area contributed by atoms with Gasteiger partial charge in [0, 0.05) is 13.0 Å². The standard InChI is InChI=1S/C31H62NO5P/c1-9-11-12-13-14-15-16-17-18-19-20-21-22-23-24-25-26-35-27-29(37-31(3,4)5)28-36-38(33,34)30(10-2)32(6,7)8/h14-15,20-21,29-30H,9-13,16-19,22-28H2,1-8H3/b15-14-,21-20-/t29-,30?/m1/s1. The first kappa shape index (κ1) is 37.5. The summed E-state index contributed by atoms with van der Waals surface area (Å²) in [5, 5.41) is 0. The van der Waals surface area contributed by atoms with Crippen molar-refractivity contribution >= 4 is 7.60 Å². The number of rotatable bonds is 24. The fourth-order valence-electron chi connectivity index (χ4n) is 4.45. The molecule has 0 aromatic rings. The third kappa shape index (κ3) is 21.3. The Labute approximate surface area is 236 Å². The quantitative estimate of drug-likeness (QED) is 0.0518. The minimum Gasteiger partial charge on any atom is -0.774 e. The number of nitrogens with zero attached hydrogens (tertiary/aromatic N) is 1. The zero-order chi connectivity index (χ0) is 28.9. The van der Waals surface area contributed by atoms with Crippen molar-refractivity contribution in [1.29, 1.82) is 0 Å². The van der Waals surface area contributed by atoms with Crippen LogP contribution in [-0.4, -0.2) is 62.9 Å². The average molecular weight is 560 g/mol. The van der Waals surface area contributed by atoms with E-state index in [0.717, 1.165) is 25.7 Å². The molecule has 0 fully saturated rings. The molecule has 6 nitrogen and oxygen atoms in total. The lowest BCUT2D eigenvalue weighted by Crippen LogP contribution is -2.47. The van der Waals surface area contributed by atoms with Crippen LogP contribution >= 0.6 is 7.60 Å². The van der Waals surface area contributed by atoms with Gasteiger partial charge in [-0.2, -0.15) is 0 Å². The molecule has 0 aliphatic carbocycles. The van der Waals surface area contributed by atoms with Crippen molar-refractivity contribution in [1.82, 2.24) is 0 Å². The first-order valence-electron chi connectivity index (χ1n) is 15.2. The predicted molar refractivity (Wildman–Crippen MR) is 160 cm³/mol. The lowest BCUT2D eigenvalue weighted by molar-refractivity contribution is -0.884. The molecule has 38 heavy (non-hydrogen) atoms. The van der Waals surface area contributed by atoms with E-state index in [1.807, 2.05) is 48.8 Å². The molecule has 226 valence electrons. The van der Waals surface area contributed by atoms with Gasteiger partial charge in [-0.25, -0.2) is 0 Å². The molecule has 0 aliphatic heterocycles. The van der Waals surface area contributed by atoms with Gasteiger partial charge in [0.25, 0.3) is 0 Å². The molecule has 0 aromatic heterocycles. The molecule has 0 bridgehead atoms. The van der Waals surface area contributed by atoms with E-state index in [9.17, 15) is 9.46 Å². The fraction of sp³-hybridized carbons (Fsp3) is 0.871. The van der Waals surface area contributed by atoms with E-state index in [1.165, 1.54) is 51.4 Å². The van der Waals surface area contributed by atoms with Crippen LogP contribution in [0.2, 0.25) is 0 Å². The molecule has 0 amide bonds. The smallest absolute Gasteiger partial charge is 0.193 e. The minimum absolute atomic E-state index is 0.0193. The highest BCUT2D eigenvalue weighted by atomic mass is 31.2. The van der Waals surface area contributed by atoms with Crippen molar-refractivity contribution < 1.29 is 27.9 Å². The summed E-state index contributed by atoms with van der Waals surface area (Å²) in [5.41, 5.74) is -0.411. The molecule has 0 heterocycles. The molecule has 0 aromatic carbocycles. The van der Waals surface area contributed by atoms with E-state index < -0.39 is 25.1 Å². The highest BCUT2D eigenvalue weighted by Gasteiger charge is 2.34. The largest absolute Gasteiger partial charge is 0.774 e. The zero-order valence-electron chi connectivity index (χ0n) is 26.2. The van der Waals surface area contributed by atoms with Gasteiger partial charge in [-0.1, -0.05) is 57.4 Å². The van der Waals surface area contributed by atoms with Gasteiger partial charge in [0.2, 0.25) is 0 Å². The van der Waals surface area contributed by atoms with E-state index in [1.54, 1.807) is 0 Å². The number of unbranched alkanes of at least 4 members (excludes halogenated alkanes) is 9. The fourth-order valence-corrected chi connectivity index (χ4v) is 6.29. The second-order valence-electron chi connectivity index (χ2n) is 12.3. The number of quaternary nitrogens is 1. The van der Waals surface area contributed by atoms with Crippen LogP contribution in [0.3, 0.4) is 0 Å². The molecular weight excluding hydrogens is 497 g/mol. The Balaban J connectivity index is 4.09. The third-order valence-corrected chi connectivity index (χ3v) is 8.64. The minimum atomic E-state index is -4.04. The van der Waals surface area contributed by atoms with Crippen LogP contribution in [0.15, 0.2) is 24.3 Å². The van der Waals surface area contributed by atoms with Crippen molar-refractivity contribution in [2.45, 2.75) is 136 Å². The van der Waals surface area contributed by atoms with E-state index in [-0.39, 0.29) is 6.61 Å². The maximum atomic E-state index is 12.8. The van der Waals surface area contributed by atoms with Crippen molar-refractivity contribution in [2.24, 2.45) is 0 Å². The molecule has 3 atom stereocenters. The SMILES string of the molecule is CCCCC/C=C\CCCC/C=C\CCCCCOC[C@H](COP(=O)([O-])C(CC)[N+](C)(C)C)OC(C)(C)C. The van der Waals surface area contributed by atoms with E-state index in [0.29, 0.717) is 24.1 Å². The van der Waals surface area contributed by atoms with Crippen LogP contribution in [0, 0.1) is 0 Å². The highest BCUT2D eigenvalue weighted by molar-refractivity contribution is 7.51. The second kappa shape index (κ2) is 21.3. The molecular formula is C31H62NO5P. The molecule has 0 saturated heterocycles. The highest BCUT2D eigenvalue weighted by Crippen LogP contribution is 2.47. The summed E-state index contributed by atoms with van der Waals surface area (Å²) in [6.45, 7) is 10.9.